The van der Waals surface area contributed by atoms with Crippen molar-refractivity contribution in [2.45, 2.75) is 12.8 Å². The number of hydrogen-bond donors (Lipinski definition) is 0. The molecule has 3 aromatic rings. The Labute approximate surface area is 158 Å². The van der Waals surface area contributed by atoms with Crippen molar-refractivity contribution in [3.05, 3.63) is 83.1 Å². The van der Waals surface area contributed by atoms with E-state index in [4.69, 9.17) is 21.1 Å². The van der Waals surface area contributed by atoms with Crippen molar-refractivity contribution >= 4 is 11.6 Å². The second-order valence-electron chi connectivity index (χ2n) is 6.37. The molecule has 5 heteroatoms. The lowest BCUT2D eigenvalue weighted by atomic mass is 10.2. The van der Waals surface area contributed by atoms with Crippen LogP contribution in [0.3, 0.4) is 0 Å². The Hall–Kier alpha value is -2.27. The quantitative estimate of drug-likeness (QED) is 0.654. The molecule has 4 rings (SSSR count). The molecule has 134 valence electrons. The second kappa shape index (κ2) is 7.54. The lowest BCUT2D eigenvalue weighted by Gasteiger charge is -2.22. The lowest BCUT2D eigenvalue weighted by molar-refractivity contribution is 0.0288. The van der Waals surface area contributed by atoms with Gasteiger partial charge in [-0.15, -0.1) is 0 Å². The maximum atomic E-state index is 6.00. The van der Waals surface area contributed by atoms with Crippen LogP contribution in [0.1, 0.15) is 17.4 Å². The summed E-state index contributed by atoms with van der Waals surface area (Å²) in [6.45, 7) is 2.51. The van der Waals surface area contributed by atoms with Crippen molar-refractivity contribution in [3.8, 4) is 11.4 Å². The van der Waals surface area contributed by atoms with Crippen LogP contribution in [-0.2, 0) is 11.3 Å². The fourth-order valence-corrected chi connectivity index (χ4v) is 3.40. The Morgan fingerprint density at radius 1 is 1.08 bits per heavy atom. The molecule has 1 atom stereocenters. The minimum Gasteiger partial charge on any atom is -0.497 e. The first-order valence-corrected chi connectivity index (χ1v) is 9.03. The van der Waals surface area contributed by atoms with E-state index in [9.17, 15) is 0 Å². The zero-order valence-corrected chi connectivity index (χ0v) is 15.4. The molecule has 1 fully saturated rings. The molecular formula is C21H21ClN2O2. The SMILES string of the molecule is COc1ccc(CN2CCO[C@@H]2c2ccn(-c3ccc(Cl)cc3)c2)cc1. The van der Waals surface area contributed by atoms with Crippen molar-refractivity contribution < 1.29 is 9.47 Å². The highest BCUT2D eigenvalue weighted by atomic mass is 35.5. The number of hydrogen-bond acceptors (Lipinski definition) is 3. The van der Waals surface area contributed by atoms with Crippen LogP contribution in [0.15, 0.2) is 67.0 Å². The monoisotopic (exact) mass is 368 g/mol. The third-order valence-corrected chi connectivity index (χ3v) is 4.91. The maximum absolute atomic E-state index is 6.00. The fraction of sp³-hybridized carbons (Fsp3) is 0.238. The number of nitrogens with zero attached hydrogens (tertiary/aromatic N) is 2. The number of aromatic nitrogens is 1. The molecule has 1 aromatic heterocycles. The molecule has 0 spiro atoms. The van der Waals surface area contributed by atoms with Crippen molar-refractivity contribution in [1.29, 1.82) is 0 Å². The first-order valence-electron chi connectivity index (χ1n) is 8.65. The summed E-state index contributed by atoms with van der Waals surface area (Å²) < 4.78 is 13.3. The Morgan fingerprint density at radius 2 is 1.85 bits per heavy atom. The van der Waals surface area contributed by atoms with Gasteiger partial charge in [0.2, 0.25) is 0 Å². The van der Waals surface area contributed by atoms with Gasteiger partial charge in [-0.2, -0.15) is 0 Å². The molecule has 4 nitrogen and oxygen atoms in total. The minimum atomic E-state index is -0.0225. The van der Waals surface area contributed by atoms with Gasteiger partial charge in [0.25, 0.3) is 0 Å². The minimum absolute atomic E-state index is 0.0225. The summed E-state index contributed by atoms with van der Waals surface area (Å²) in [4.78, 5) is 2.35. The summed E-state index contributed by atoms with van der Waals surface area (Å²) in [7, 11) is 1.69. The lowest BCUT2D eigenvalue weighted by Crippen LogP contribution is -2.23. The zero-order chi connectivity index (χ0) is 17.9. The van der Waals surface area contributed by atoms with Crippen molar-refractivity contribution in [2.24, 2.45) is 0 Å². The Bertz CT molecular complexity index is 858. The summed E-state index contributed by atoms with van der Waals surface area (Å²) in [6.07, 6.45) is 4.16. The highest BCUT2D eigenvalue weighted by Crippen LogP contribution is 2.30. The predicted molar refractivity (Wildman–Crippen MR) is 103 cm³/mol. The fourth-order valence-electron chi connectivity index (χ4n) is 3.27. The molecule has 2 aromatic carbocycles. The molecule has 0 N–H and O–H groups in total. The van der Waals surface area contributed by atoms with Crippen LogP contribution in [0, 0.1) is 0 Å². The van der Waals surface area contributed by atoms with Gasteiger partial charge in [-0.1, -0.05) is 23.7 Å². The Kier molecular flexibility index (Phi) is 4.98. The van der Waals surface area contributed by atoms with Gasteiger partial charge < -0.3 is 14.0 Å². The van der Waals surface area contributed by atoms with Crippen LogP contribution in [0.2, 0.25) is 5.02 Å². The number of methoxy groups -OCH3 is 1. The summed E-state index contributed by atoms with van der Waals surface area (Å²) in [6, 6.07) is 18.1. The number of rotatable bonds is 5. The maximum Gasteiger partial charge on any atom is 0.138 e. The molecule has 0 radical (unpaired) electrons. The van der Waals surface area contributed by atoms with Gasteiger partial charge in [0.05, 0.1) is 13.7 Å². The molecule has 0 amide bonds. The van der Waals surface area contributed by atoms with Gasteiger partial charge >= 0.3 is 0 Å². The molecule has 2 heterocycles. The van der Waals surface area contributed by atoms with Crippen LogP contribution in [0.4, 0.5) is 0 Å². The van der Waals surface area contributed by atoms with Gasteiger partial charge in [-0.3, -0.25) is 4.90 Å². The van der Waals surface area contributed by atoms with E-state index >= 15 is 0 Å². The van der Waals surface area contributed by atoms with Crippen LogP contribution < -0.4 is 4.74 Å². The first kappa shape index (κ1) is 17.2. The standard InChI is InChI=1S/C21H21ClN2O2/c1-25-20-8-2-16(3-9-20)14-24-12-13-26-21(24)17-10-11-23(15-17)19-6-4-18(22)5-7-19/h2-11,15,21H,12-14H2,1H3/t21-/m1/s1. The van der Waals surface area contributed by atoms with Crippen LogP contribution in [-0.4, -0.2) is 29.7 Å². The molecule has 0 saturated carbocycles. The highest BCUT2D eigenvalue weighted by Gasteiger charge is 2.27. The van der Waals surface area contributed by atoms with E-state index in [0.717, 1.165) is 41.7 Å². The summed E-state index contributed by atoms with van der Waals surface area (Å²) in [5.41, 5.74) is 3.49. The van der Waals surface area contributed by atoms with E-state index in [-0.39, 0.29) is 6.23 Å². The number of halogens is 1. The molecule has 26 heavy (non-hydrogen) atoms. The highest BCUT2D eigenvalue weighted by molar-refractivity contribution is 6.30. The first-order chi connectivity index (χ1) is 12.7. The van der Waals surface area contributed by atoms with Crippen molar-refractivity contribution in [2.75, 3.05) is 20.3 Å². The third-order valence-electron chi connectivity index (χ3n) is 4.66. The van der Waals surface area contributed by atoms with Gasteiger partial charge in [0.1, 0.15) is 12.0 Å². The van der Waals surface area contributed by atoms with E-state index in [1.807, 2.05) is 36.4 Å². The summed E-state index contributed by atoms with van der Waals surface area (Å²) in [5, 5.41) is 0.742. The average Bonchev–Trinajstić information content (AvgIpc) is 3.32. The normalized spacial score (nSPS) is 17.5. The number of benzene rings is 2. The van der Waals surface area contributed by atoms with Gasteiger partial charge in [-0.05, 0) is 48.0 Å². The average molecular weight is 369 g/mol. The summed E-state index contributed by atoms with van der Waals surface area (Å²) >= 11 is 5.98. The molecule has 1 aliphatic rings. The van der Waals surface area contributed by atoms with Crippen molar-refractivity contribution in [3.63, 3.8) is 0 Å². The van der Waals surface area contributed by atoms with Gasteiger partial charge in [0, 0.05) is 41.8 Å². The van der Waals surface area contributed by atoms with E-state index < -0.39 is 0 Å². The molecule has 0 bridgehead atoms. The number of ether oxygens (including phenoxy) is 2. The second-order valence-corrected chi connectivity index (χ2v) is 6.81. The Balaban J connectivity index is 1.50. The largest absolute Gasteiger partial charge is 0.497 e. The van der Waals surface area contributed by atoms with E-state index in [1.165, 1.54) is 5.56 Å². The van der Waals surface area contributed by atoms with Gasteiger partial charge in [0.15, 0.2) is 0 Å². The predicted octanol–water partition coefficient (Wildman–Crippen LogP) is 4.67. The smallest absolute Gasteiger partial charge is 0.138 e. The van der Waals surface area contributed by atoms with Gasteiger partial charge in [-0.25, -0.2) is 0 Å². The Morgan fingerprint density at radius 3 is 2.58 bits per heavy atom. The zero-order valence-electron chi connectivity index (χ0n) is 14.6. The molecule has 1 saturated heterocycles. The molecule has 1 aliphatic heterocycles. The topological polar surface area (TPSA) is 26.6 Å². The van der Waals surface area contributed by atoms with Crippen LogP contribution in [0.5, 0.6) is 5.75 Å². The van der Waals surface area contributed by atoms with E-state index in [1.54, 1.807) is 7.11 Å². The van der Waals surface area contributed by atoms with Crippen molar-refractivity contribution in [1.82, 2.24) is 9.47 Å². The molecule has 0 unspecified atom stereocenters. The third kappa shape index (κ3) is 3.63. The summed E-state index contributed by atoms with van der Waals surface area (Å²) in [5.74, 6) is 0.878. The van der Waals surface area contributed by atoms with E-state index in [2.05, 4.69) is 40.1 Å². The molecular weight excluding hydrogens is 348 g/mol. The van der Waals surface area contributed by atoms with Crippen LogP contribution in [0.25, 0.3) is 5.69 Å². The van der Waals surface area contributed by atoms with Crippen LogP contribution >= 0.6 is 11.6 Å². The molecule has 0 aliphatic carbocycles. The van der Waals surface area contributed by atoms with E-state index in [0.29, 0.717) is 0 Å².